The third-order valence-electron chi connectivity index (χ3n) is 3.39. The van der Waals surface area contributed by atoms with Gasteiger partial charge in [-0.2, -0.15) is 0 Å². The Morgan fingerprint density at radius 3 is 2.48 bits per heavy atom. The van der Waals surface area contributed by atoms with Gasteiger partial charge in [0.1, 0.15) is 0 Å². The highest BCUT2D eigenvalue weighted by Crippen LogP contribution is 2.09. The first-order chi connectivity index (χ1) is 11.2. The lowest BCUT2D eigenvalue weighted by Gasteiger charge is -2.12. The topological polar surface area (TPSA) is 74.8 Å². The van der Waals surface area contributed by atoms with E-state index in [9.17, 15) is 4.79 Å². The number of hydrogen-bond acceptors (Lipinski definition) is 3. The molecule has 0 saturated carbocycles. The average molecular weight is 320 g/mol. The highest BCUT2D eigenvalue weighted by molar-refractivity contribution is 5.84. The van der Waals surface area contributed by atoms with E-state index < -0.39 is 6.09 Å². The number of carbonyl (C=O) groups excluding carboxylic acids is 1. The fourth-order valence-corrected chi connectivity index (χ4v) is 2.04. The van der Waals surface area contributed by atoms with Crippen molar-refractivity contribution < 1.29 is 9.53 Å². The lowest BCUT2D eigenvalue weighted by molar-refractivity contribution is 0.187. The number of benzene rings is 1. The second kappa shape index (κ2) is 11.3. The molecular formula is C17H28N4O2. The Balaban J connectivity index is 2.33. The van der Waals surface area contributed by atoms with Gasteiger partial charge in [-0.25, -0.2) is 4.79 Å². The number of amides is 1. The number of hydrogen-bond donors (Lipinski definition) is 3. The number of rotatable bonds is 8. The van der Waals surface area contributed by atoms with Crippen molar-refractivity contribution in [1.82, 2.24) is 10.6 Å². The van der Waals surface area contributed by atoms with E-state index in [1.54, 1.807) is 7.05 Å². The van der Waals surface area contributed by atoms with Crippen molar-refractivity contribution in [2.45, 2.75) is 39.2 Å². The van der Waals surface area contributed by atoms with Gasteiger partial charge in [0, 0.05) is 25.8 Å². The molecule has 0 atom stereocenters. The maximum atomic E-state index is 11.1. The maximum Gasteiger partial charge on any atom is 0.411 e. The minimum absolute atomic E-state index is 0.469. The van der Waals surface area contributed by atoms with Crippen LogP contribution in [0.4, 0.5) is 10.5 Å². The molecule has 6 nitrogen and oxygen atoms in total. The zero-order valence-corrected chi connectivity index (χ0v) is 14.3. The monoisotopic (exact) mass is 320 g/mol. The van der Waals surface area contributed by atoms with Gasteiger partial charge in [-0.3, -0.25) is 10.3 Å². The Hall–Kier alpha value is -2.24. The fraction of sp³-hybridized carbons (Fsp3) is 0.529. The van der Waals surface area contributed by atoms with Crippen LogP contribution >= 0.6 is 0 Å². The molecule has 0 saturated heterocycles. The third kappa shape index (κ3) is 8.09. The Morgan fingerprint density at radius 1 is 1.13 bits per heavy atom. The molecule has 1 rings (SSSR count). The zero-order chi connectivity index (χ0) is 16.9. The molecule has 0 radical (unpaired) electrons. The summed E-state index contributed by atoms with van der Waals surface area (Å²) in [4.78, 5) is 15.3. The van der Waals surface area contributed by atoms with Crippen molar-refractivity contribution in [2.24, 2.45) is 4.99 Å². The normalized spacial score (nSPS) is 11.0. The van der Waals surface area contributed by atoms with Gasteiger partial charge in [-0.15, -0.1) is 0 Å². The molecular weight excluding hydrogens is 292 g/mol. The quantitative estimate of drug-likeness (QED) is 0.391. The number of anilines is 1. The summed E-state index contributed by atoms with van der Waals surface area (Å²) < 4.78 is 4.55. The number of carbonyl (C=O) groups is 1. The highest BCUT2D eigenvalue weighted by Gasteiger charge is 2.01. The molecule has 128 valence electrons. The van der Waals surface area contributed by atoms with Gasteiger partial charge >= 0.3 is 6.09 Å². The zero-order valence-electron chi connectivity index (χ0n) is 14.3. The number of unbranched alkanes of at least 4 members (excludes halogenated alkanes) is 3. The van der Waals surface area contributed by atoms with Crippen LogP contribution in [0.2, 0.25) is 0 Å². The van der Waals surface area contributed by atoms with Gasteiger partial charge in [0.2, 0.25) is 0 Å². The standard InChI is InChI=1S/C17H28N4O2/c1-4-5-6-7-12-19-16(18-2)20-13-14-8-10-15(11-9-14)21-17(22)23-3/h8-11H,4-7,12-13H2,1-3H3,(H,21,22)(H2,18,19,20). The molecule has 0 unspecified atom stereocenters. The molecule has 0 fully saturated rings. The van der Waals surface area contributed by atoms with Gasteiger partial charge in [0.25, 0.3) is 0 Å². The molecule has 6 heteroatoms. The summed E-state index contributed by atoms with van der Waals surface area (Å²) in [5, 5.41) is 9.21. The summed E-state index contributed by atoms with van der Waals surface area (Å²) in [5.74, 6) is 0.804. The van der Waals surface area contributed by atoms with Crippen molar-refractivity contribution in [1.29, 1.82) is 0 Å². The third-order valence-corrected chi connectivity index (χ3v) is 3.39. The first kappa shape index (κ1) is 18.8. The van der Waals surface area contributed by atoms with Crippen molar-refractivity contribution >= 4 is 17.7 Å². The van der Waals surface area contributed by atoms with Crippen LogP contribution in [0.3, 0.4) is 0 Å². The second-order valence-electron chi connectivity index (χ2n) is 5.23. The highest BCUT2D eigenvalue weighted by atomic mass is 16.5. The van der Waals surface area contributed by atoms with E-state index in [4.69, 9.17) is 0 Å². The van der Waals surface area contributed by atoms with Crippen LogP contribution in [0.1, 0.15) is 38.2 Å². The number of guanidine groups is 1. The van der Waals surface area contributed by atoms with E-state index in [0.717, 1.165) is 24.5 Å². The Morgan fingerprint density at radius 2 is 1.87 bits per heavy atom. The summed E-state index contributed by atoms with van der Waals surface area (Å²) >= 11 is 0. The van der Waals surface area contributed by atoms with Crippen LogP contribution in [-0.2, 0) is 11.3 Å². The van der Waals surface area contributed by atoms with E-state index in [1.807, 2.05) is 24.3 Å². The molecule has 1 aromatic rings. The van der Waals surface area contributed by atoms with Gasteiger partial charge in [-0.1, -0.05) is 38.3 Å². The van der Waals surface area contributed by atoms with Crippen molar-refractivity contribution in [3.63, 3.8) is 0 Å². The Labute approximate surface area is 138 Å². The largest absolute Gasteiger partial charge is 0.453 e. The molecule has 0 aromatic heterocycles. The second-order valence-corrected chi connectivity index (χ2v) is 5.23. The molecule has 3 N–H and O–H groups in total. The molecule has 0 aliphatic carbocycles. The molecule has 0 aliphatic heterocycles. The molecule has 0 aliphatic rings. The van der Waals surface area contributed by atoms with Gasteiger partial charge < -0.3 is 15.4 Å². The molecule has 1 amide bonds. The minimum Gasteiger partial charge on any atom is -0.453 e. The van der Waals surface area contributed by atoms with Gasteiger partial charge in [0.15, 0.2) is 5.96 Å². The fourth-order valence-electron chi connectivity index (χ4n) is 2.04. The minimum atomic E-state index is -0.469. The van der Waals surface area contributed by atoms with Crippen LogP contribution in [0.25, 0.3) is 0 Å². The van der Waals surface area contributed by atoms with Crippen LogP contribution in [-0.4, -0.2) is 32.8 Å². The number of ether oxygens (including phenoxy) is 1. The number of methoxy groups -OCH3 is 1. The summed E-state index contributed by atoms with van der Waals surface area (Å²) in [5.41, 5.74) is 1.81. The van der Waals surface area contributed by atoms with Crippen molar-refractivity contribution in [2.75, 3.05) is 26.0 Å². The maximum absolute atomic E-state index is 11.1. The van der Waals surface area contributed by atoms with Crippen molar-refractivity contribution in [3.05, 3.63) is 29.8 Å². The first-order valence-electron chi connectivity index (χ1n) is 8.08. The van der Waals surface area contributed by atoms with E-state index in [0.29, 0.717) is 12.2 Å². The summed E-state index contributed by atoms with van der Waals surface area (Å²) in [6.45, 7) is 3.81. The van der Waals surface area contributed by atoms with E-state index >= 15 is 0 Å². The van der Waals surface area contributed by atoms with Gasteiger partial charge in [-0.05, 0) is 24.1 Å². The van der Waals surface area contributed by atoms with Crippen LogP contribution in [0, 0.1) is 0 Å². The molecule has 1 aromatic carbocycles. The smallest absolute Gasteiger partial charge is 0.411 e. The van der Waals surface area contributed by atoms with Gasteiger partial charge in [0.05, 0.1) is 7.11 Å². The van der Waals surface area contributed by atoms with E-state index in [1.165, 1.54) is 26.4 Å². The van der Waals surface area contributed by atoms with Crippen molar-refractivity contribution in [3.8, 4) is 0 Å². The average Bonchev–Trinajstić information content (AvgIpc) is 2.58. The molecule has 0 bridgehead atoms. The van der Waals surface area contributed by atoms with Crippen LogP contribution in [0.5, 0.6) is 0 Å². The lowest BCUT2D eigenvalue weighted by atomic mass is 10.2. The Kier molecular flexibility index (Phi) is 9.28. The van der Waals surface area contributed by atoms with E-state index in [-0.39, 0.29) is 0 Å². The SMILES string of the molecule is CCCCCCNC(=NC)NCc1ccc(NC(=O)OC)cc1. The molecule has 0 spiro atoms. The molecule has 0 heterocycles. The number of nitrogens with zero attached hydrogens (tertiary/aromatic N) is 1. The first-order valence-corrected chi connectivity index (χ1v) is 8.08. The predicted octanol–water partition coefficient (Wildman–Crippen LogP) is 3.11. The van der Waals surface area contributed by atoms with Crippen LogP contribution < -0.4 is 16.0 Å². The number of aliphatic imine (C=N–C) groups is 1. The Bertz CT molecular complexity index is 486. The summed E-state index contributed by atoms with van der Waals surface area (Å²) in [6.07, 6.45) is 4.45. The number of nitrogens with one attached hydrogen (secondary N) is 3. The summed E-state index contributed by atoms with van der Waals surface area (Å²) in [7, 11) is 3.11. The van der Waals surface area contributed by atoms with E-state index in [2.05, 4.69) is 32.6 Å². The molecule has 23 heavy (non-hydrogen) atoms. The van der Waals surface area contributed by atoms with Crippen LogP contribution in [0.15, 0.2) is 29.3 Å². The predicted molar refractivity (Wildman–Crippen MR) is 94.8 cm³/mol. The lowest BCUT2D eigenvalue weighted by Crippen LogP contribution is -2.37. The summed E-state index contributed by atoms with van der Waals surface area (Å²) in [6, 6.07) is 7.59.